The SMILES string of the molecule is Nc1ncnc2c1ncn2[C@@H]1O[C@H](CNCC=CC(N)C(=O)O)C(O)C1O. The molecule has 0 aromatic carbocycles. The molecule has 5 atom stereocenters. The summed E-state index contributed by atoms with van der Waals surface area (Å²) in [4.78, 5) is 22.7. The van der Waals surface area contributed by atoms with E-state index < -0.39 is 36.6 Å². The molecule has 1 aliphatic heterocycles. The summed E-state index contributed by atoms with van der Waals surface area (Å²) in [6, 6.07) is -1.07. The molecule has 2 aromatic rings. The number of rotatable bonds is 7. The molecule has 8 N–H and O–H groups in total. The number of aliphatic hydroxyl groups excluding tert-OH is 2. The lowest BCUT2D eigenvalue weighted by atomic mass is 10.1. The fourth-order valence-corrected chi connectivity index (χ4v) is 2.79. The van der Waals surface area contributed by atoms with Crippen LogP contribution in [0.3, 0.4) is 0 Å². The second kappa shape index (κ2) is 7.94. The van der Waals surface area contributed by atoms with Crippen molar-refractivity contribution in [2.24, 2.45) is 5.73 Å². The van der Waals surface area contributed by atoms with Gasteiger partial charge >= 0.3 is 5.97 Å². The van der Waals surface area contributed by atoms with E-state index >= 15 is 0 Å². The molecular weight excluding hydrogens is 358 g/mol. The van der Waals surface area contributed by atoms with Gasteiger partial charge in [-0.2, -0.15) is 0 Å². The van der Waals surface area contributed by atoms with Gasteiger partial charge in [-0.25, -0.2) is 15.0 Å². The highest BCUT2D eigenvalue weighted by Crippen LogP contribution is 2.31. The third-order valence-corrected chi connectivity index (χ3v) is 4.23. The van der Waals surface area contributed by atoms with E-state index in [4.69, 9.17) is 21.3 Å². The number of aromatic nitrogens is 4. The van der Waals surface area contributed by atoms with Crippen molar-refractivity contribution in [3.05, 3.63) is 24.8 Å². The number of carbonyl (C=O) groups is 1. The van der Waals surface area contributed by atoms with Gasteiger partial charge in [0, 0.05) is 13.1 Å². The Morgan fingerprint density at radius 1 is 1.37 bits per heavy atom. The van der Waals surface area contributed by atoms with Crippen LogP contribution >= 0.6 is 0 Å². The summed E-state index contributed by atoms with van der Waals surface area (Å²) in [5.74, 6) is -0.917. The number of imidazole rings is 1. The maximum Gasteiger partial charge on any atom is 0.324 e. The molecule has 3 rings (SSSR count). The zero-order valence-corrected chi connectivity index (χ0v) is 14.2. The van der Waals surface area contributed by atoms with Gasteiger partial charge in [0.15, 0.2) is 17.7 Å². The lowest BCUT2D eigenvalue weighted by molar-refractivity contribution is -0.137. The van der Waals surface area contributed by atoms with Crippen molar-refractivity contribution >= 4 is 23.0 Å². The molecule has 3 unspecified atom stereocenters. The molecular formula is C15H21N7O5. The molecule has 1 saturated heterocycles. The van der Waals surface area contributed by atoms with Crippen molar-refractivity contribution in [3.63, 3.8) is 0 Å². The molecule has 146 valence electrons. The van der Waals surface area contributed by atoms with Gasteiger partial charge in [0.2, 0.25) is 0 Å². The standard InChI is InChI=1S/C15H21N7O5/c16-7(15(25)26)2-1-3-18-4-8-10(23)11(24)14(27-8)22-6-21-9-12(17)19-5-20-13(9)22/h1-2,5-8,10-11,14,18,23-24H,3-4,16H2,(H,25,26)(H2,17,19,20)/t7?,8-,10?,11?,14-/m1/s1. The first-order valence-corrected chi connectivity index (χ1v) is 8.20. The zero-order chi connectivity index (χ0) is 19.6. The number of nitrogens with zero attached hydrogens (tertiary/aromatic N) is 4. The number of hydrogen-bond acceptors (Lipinski definition) is 10. The van der Waals surface area contributed by atoms with Crippen LogP contribution in [0.1, 0.15) is 6.23 Å². The van der Waals surface area contributed by atoms with Crippen LogP contribution in [-0.2, 0) is 9.53 Å². The maximum absolute atomic E-state index is 10.6. The molecule has 0 spiro atoms. The van der Waals surface area contributed by atoms with Gasteiger partial charge in [-0.05, 0) is 0 Å². The minimum Gasteiger partial charge on any atom is -0.480 e. The van der Waals surface area contributed by atoms with Crippen molar-refractivity contribution in [1.82, 2.24) is 24.8 Å². The highest BCUT2D eigenvalue weighted by molar-refractivity contribution is 5.81. The highest BCUT2D eigenvalue weighted by Gasteiger charge is 2.44. The first-order chi connectivity index (χ1) is 12.9. The van der Waals surface area contributed by atoms with E-state index in [1.165, 1.54) is 23.3 Å². The Balaban J connectivity index is 1.62. The highest BCUT2D eigenvalue weighted by atomic mass is 16.6. The largest absolute Gasteiger partial charge is 0.480 e. The number of aliphatic hydroxyl groups is 2. The third kappa shape index (κ3) is 3.89. The Labute approximate surface area is 153 Å². The third-order valence-electron chi connectivity index (χ3n) is 4.23. The molecule has 3 heterocycles. The summed E-state index contributed by atoms with van der Waals surface area (Å²) >= 11 is 0. The molecule has 2 aromatic heterocycles. The predicted octanol–water partition coefficient (Wildman–Crippen LogP) is -2.41. The van der Waals surface area contributed by atoms with E-state index in [1.54, 1.807) is 6.08 Å². The van der Waals surface area contributed by atoms with Gasteiger partial charge < -0.3 is 36.8 Å². The van der Waals surface area contributed by atoms with Crippen LogP contribution in [0.5, 0.6) is 0 Å². The average molecular weight is 379 g/mol. The number of nitrogens with two attached hydrogens (primary N) is 2. The topological polar surface area (TPSA) is 195 Å². The van der Waals surface area contributed by atoms with Gasteiger partial charge in [0.25, 0.3) is 0 Å². The van der Waals surface area contributed by atoms with Crippen LogP contribution in [0.15, 0.2) is 24.8 Å². The summed E-state index contributed by atoms with van der Waals surface area (Å²) in [6.45, 7) is 0.553. The van der Waals surface area contributed by atoms with E-state index in [9.17, 15) is 15.0 Å². The van der Waals surface area contributed by atoms with Crippen LogP contribution in [0.25, 0.3) is 11.2 Å². The number of carboxylic acids is 1. The van der Waals surface area contributed by atoms with Gasteiger partial charge in [-0.1, -0.05) is 12.2 Å². The van der Waals surface area contributed by atoms with Gasteiger partial charge in [0.05, 0.1) is 6.33 Å². The summed E-state index contributed by atoms with van der Waals surface area (Å²) in [6.07, 6.45) is 1.71. The minimum atomic E-state index is -1.19. The lowest BCUT2D eigenvalue weighted by Crippen LogP contribution is -2.37. The summed E-state index contributed by atoms with van der Waals surface area (Å²) in [7, 11) is 0. The fraction of sp³-hybridized carbons (Fsp3) is 0.467. The van der Waals surface area contributed by atoms with Crippen molar-refractivity contribution in [2.45, 2.75) is 30.6 Å². The summed E-state index contributed by atoms with van der Waals surface area (Å²) in [5.41, 5.74) is 11.9. The van der Waals surface area contributed by atoms with E-state index in [-0.39, 0.29) is 12.4 Å². The van der Waals surface area contributed by atoms with Crippen LogP contribution < -0.4 is 16.8 Å². The lowest BCUT2D eigenvalue weighted by Gasteiger charge is -2.16. The number of ether oxygens (including phenoxy) is 1. The number of anilines is 1. The van der Waals surface area contributed by atoms with E-state index in [1.807, 2.05) is 0 Å². The molecule has 0 aliphatic carbocycles. The quantitative estimate of drug-likeness (QED) is 0.221. The van der Waals surface area contributed by atoms with Crippen molar-refractivity contribution in [1.29, 1.82) is 0 Å². The molecule has 1 aliphatic rings. The smallest absolute Gasteiger partial charge is 0.324 e. The number of nitrogen functional groups attached to an aromatic ring is 1. The molecule has 0 radical (unpaired) electrons. The molecule has 0 saturated carbocycles. The second-order valence-electron chi connectivity index (χ2n) is 6.08. The van der Waals surface area contributed by atoms with Crippen LogP contribution in [-0.4, -0.2) is 78.3 Å². The van der Waals surface area contributed by atoms with Gasteiger partial charge in [-0.3, -0.25) is 9.36 Å². The predicted molar refractivity (Wildman–Crippen MR) is 93.3 cm³/mol. The van der Waals surface area contributed by atoms with Crippen LogP contribution in [0.2, 0.25) is 0 Å². The van der Waals surface area contributed by atoms with E-state index in [2.05, 4.69) is 20.3 Å². The Kier molecular flexibility index (Phi) is 5.62. The number of aliphatic carboxylic acids is 1. The summed E-state index contributed by atoms with van der Waals surface area (Å²) in [5, 5.41) is 32.3. The molecule has 1 fully saturated rings. The molecule has 27 heavy (non-hydrogen) atoms. The van der Waals surface area contributed by atoms with Crippen LogP contribution in [0.4, 0.5) is 5.82 Å². The number of nitrogens with one attached hydrogen (secondary N) is 1. The number of carboxylic acid groups (broad SMARTS) is 1. The van der Waals surface area contributed by atoms with E-state index in [0.717, 1.165) is 0 Å². The van der Waals surface area contributed by atoms with Gasteiger partial charge in [0.1, 0.15) is 36.2 Å². The molecule has 0 amide bonds. The van der Waals surface area contributed by atoms with Crippen molar-refractivity contribution in [2.75, 3.05) is 18.8 Å². The fourth-order valence-electron chi connectivity index (χ4n) is 2.79. The van der Waals surface area contributed by atoms with Crippen molar-refractivity contribution in [3.8, 4) is 0 Å². The van der Waals surface area contributed by atoms with Gasteiger partial charge in [-0.15, -0.1) is 0 Å². The normalized spacial score (nSPS) is 26.8. The van der Waals surface area contributed by atoms with Crippen molar-refractivity contribution < 1.29 is 24.9 Å². The summed E-state index contributed by atoms with van der Waals surface area (Å²) < 4.78 is 7.25. The Morgan fingerprint density at radius 2 is 2.15 bits per heavy atom. The Morgan fingerprint density at radius 3 is 2.89 bits per heavy atom. The number of hydrogen-bond donors (Lipinski definition) is 6. The van der Waals surface area contributed by atoms with Crippen LogP contribution in [0, 0.1) is 0 Å². The van der Waals surface area contributed by atoms with E-state index in [0.29, 0.717) is 17.7 Å². The first kappa shape index (κ1) is 19.1. The molecule has 0 bridgehead atoms. The molecule has 12 nitrogen and oxygen atoms in total. The Hall–Kier alpha value is -2.64. The maximum atomic E-state index is 10.6. The number of fused-ring (bicyclic) bond motifs is 1. The minimum absolute atomic E-state index is 0.205. The second-order valence-corrected chi connectivity index (χ2v) is 6.08. The monoisotopic (exact) mass is 379 g/mol. The first-order valence-electron chi connectivity index (χ1n) is 8.20. The zero-order valence-electron chi connectivity index (χ0n) is 14.2. The Bertz CT molecular complexity index is 841. The average Bonchev–Trinajstić information content (AvgIpc) is 3.18. The molecule has 12 heteroatoms.